The molecule has 1 aromatic carbocycles. The highest BCUT2D eigenvalue weighted by molar-refractivity contribution is 5.61. The number of rotatable bonds is 4. The molecular weight excluding hydrogens is 254 g/mol. The van der Waals surface area contributed by atoms with E-state index in [1.165, 1.54) is 5.56 Å². The number of nitrogens with zero attached hydrogens (tertiary/aromatic N) is 4. The molecule has 0 bridgehead atoms. The van der Waals surface area contributed by atoms with Crippen LogP contribution in [0.25, 0.3) is 0 Å². The first-order valence-corrected chi connectivity index (χ1v) is 6.46. The standard InChI is InChI=1S/C14H19N5O/c1-5-20-14-17-12(15)16-13(18-14)19(4)11-7-6-9(2)8-10(11)3/h6-8H,5H2,1-4H3,(H2,15,16,17,18). The zero-order valence-corrected chi connectivity index (χ0v) is 12.2. The molecular formula is C14H19N5O. The summed E-state index contributed by atoms with van der Waals surface area (Å²) in [5.74, 6) is 0.614. The minimum atomic E-state index is 0.148. The zero-order chi connectivity index (χ0) is 14.7. The summed E-state index contributed by atoms with van der Waals surface area (Å²) in [5, 5.41) is 0. The molecule has 0 atom stereocenters. The number of aromatic nitrogens is 3. The molecule has 1 aromatic heterocycles. The van der Waals surface area contributed by atoms with Gasteiger partial charge in [-0.2, -0.15) is 15.0 Å². The van der Waals surface area contributed by atoms with E-state index in [-0.39, 0.29) is 12.0 Å². The van der Waals surface area contributed by atoms with Crippen LogP contribution in [0.1, 0.15) is 18.1 Å². The molecule has 6 nitrogen and oxygen atoms in total. The van der Waals surface area contributed by atoms with Crippen LogP contribution in [-0.4, -0.2) is 28.6 Å². The van der Waals surface area contributed by atoms with Gasteiger partial charge in [0.2, 0.25) is 11.9 Å². The van der Waals surface area contributed by atoms with Gasteiger partial charge in [-0.25, -0.2) is 0 Å². The molecule has 0 amide bonds. The van der Waals surface area contributed by atoms with Crippen LogP contribution < -0.4 is 15.4 Å². The third kappa shape index (κ3) is 2.96. The predicted octanol–water partition coefficient (Wildman–Crippen LogP) is 2.24. The van der Waals surface area contributed by atoms with Gasteiger partial charge in [0.05, 0.1) is 6.61 Å². The number of anilines is 3. The van der Waals surface area contributed by atoms with Crippen molar-refractivity contribution in [2.75, 3.05) is 24.3 Å². The summed E-state index contributed by atoms with van der Waals surface area (Å²) in [4.78, 5) is 14.2. The molecule has 0 saturated carbocycles. The predicted molar refractivity (Wildman–Crippen MR) is 79.4 cm³/mol. The Hall–Kier alpha value is -2.37. The van der Waals surface area contributed by atoms with Gasteiger partial charge in [-0.1, -0.05) is 17.7 Å². The normalized spacial score (nSPS) is 10.4. The third-order valence-corrected chi connectivity index (χ3v) is 2.91. The van der Waals surface area contributed by atoms with Crippen LogP contribution >= 0.6 is 0 Å². The molecule has 1 heterocycles. The van der Waals surface area contributed by atoms with Crippen molar-refractivity contribution in [3.05, 3.63) is 29.3 Å². The van der Waals surface area contributed by atoms with Crippen molar-refractivity contribution in [1.82, 2.24) is 15.0 Å². The number of ether oxygens (including phenoxy) is 1. The molecule has 2 rings (SSSR count). The largest absolute Gasteiger partial charge is 0.464 e. The lowest BCUT2D eigenvalue weighted by molar-refractivity contribution is 0.312. The molecule has 0 spiro atoms. The Kier molecular flexibility index (Phi) is 4.02. The first kappa shape index (κ1) is 14.0. The van der Waals surface area contributed by atoms with Gasteiger partial charge in [0.25, 0.3) is 0 Å². The molecule has 20 heavy (non-hydrogen) atoms. The second-order valence-electron chi connectivity index (χ2n) is 4.56. The van der Waals surface area contributed by atoms with Gasteiger partial charge in [0.1, 0.15) is 0 Å². The van der Waals surface area contributed by atoms with Crippen LogP contribution in [0.4, 0.5) is 17.6 Å². The Balaban J connectivity index is 2.39. The van der Waals surface area contributed by atoms with Gasteiger partial charge in [-0.3, -0.25) is 0 Å². The van der Waals surface area contributed by atoms with E-state index in [1.54, 1.807) is 0 Å². The fourth-order valence-electron chi connectivity index (χ4n) is 1.99. The smallest absolute Gasteiger partial charge is 0.323 e. The third-order valence-electron chi connectivity index (χ3n) is 2.91. The van der Waals surface area contributed by atoms with Crippen molar-refractivity contribution in [2.45, 2.75) is 20.8 Å². The second-order valence-corrected chi connectivity index (χ2v) is 4.56. The highest BCUT2D eigenvalue weighted by Gasteiger charge is 2.13. The van der Waals surface area contributed by atoms with Crippen molar-refractivity contribution in [3.8, 4) is 6.01 Å². The Labute approximate surface area is 118 Å². The fourth-order valence-corrected chi connectivity index (χ4v) is 1.99. The molecule has 0 aliphatic carbocycles. The Morgan fingerprint density at radius 1 is 1.20 bits per heavy atom. The van der Waals surface area contributed by atoms with E-state index in [0.717, 1.165) is 11.3 Å². The summed E-state index contributed by atoms with van der Waals surface area (Å²) in [6.45, 7) is 6.46. The van der Waals surface area contributed by atoms with Gasteiger partial charge >= 0.3 is 6.01 Å². The summed E-state index contributed by atoms with van der Waals surface area (Å²) in [5.41, 5.74) is 9.07. The summed E-state index contributed by atoms with van der Waals surface area (Å²) in [7, 11) is 1.89. The Morgan fingerprint density at radius 3 is 2.60 bits per heavy atom. The van der Waals surface area contributed by atoms with Crippen LogP contribution in [-0.2, 0) is 0 Å². The number of aryl methyl sites for hydroxylation is 2. The molecule has 0 saturated heterocycles. The van der Waals surface area contributed by atoms with Crippen LogP contribution in [0.15, 0.2) is 18.2 Å². The lowest BCUT2D eigenvalue weighted by Gasteiger charge is -2.20. The molecule has 2 aromatic rings. The Morgan fingerprint density at radius 2 is 1.95 bits per heavy atom. The monoisotopic (exact) mass is 273 g/mol. The zero-order valence-electron chi connectivity index (χ0n) is 12.2. The van der Waals surface area contributed by atoms with E-state index >= 15 is 0 Å². The molecule has 6 heteroatoms. The lowest BCUT2D eigenvalue weighted by atomic mass is 10.1. The van der Waals surface area contributed by atoms with Crippen molar-refractivity contribution in [3.63, 3.8) is 0 Å². The number of hydrogen-bond acceptors (Lipinski definition) is 6. The number of nitrogens with two attached hydrogens (primary N) is 1. The van der Waals surface area contributed by atoms with Crippen LogP contribution in [0, 0.1) is 13.8 Å². The first-order valence-electron chi connectivity index (χ1n) is 6.46. The fraction of sp³-hybridized carbons (Fsp3) is 0.357. The van der Waals surface area contributed by atoms with Gasteiger partial charge in [0.15, 0.2) is 0 Å². The molecule has 0 aliphatic heterocycles. The SMILES string of the molecule is CCOc1nc(N)nc(N(C)c2ccc(C)cc2C)n1. The minimum absolute atomic E-state index is 0.148. The van der Waals surface area contributed by atoms with E-state index in [0.29, 0.717) is 12.6 Å². The van der Waals surface area contributed by atoms with Crippen molar-refractivity contribution in [1.29, 1.82) is 0 Å². The molecule has 0 unspecified atom stereocenters. The molecule has 2 N–H and O–H groups in total. The first-order chi connectivity index (χ1) is 9.51. The van der Waals surface area contributed by atoms with E-state index in [1.807, 2.05) is 37.9 Å². The van der Waals surface area contributed by atoms with Gasteiger partial charge in [-0.15, -0.1) is 0 Å². The van der Waals surface area contributed by atoms with Crippen molar-refractivity contribution < 1.29 is 4.74 Å². The van der Waals surface area contributed by atoms with Gasteiger partial charge in [-0.05, 0) is 32.4 Å². The highest BCUT2D eigenvalue weighted by atomic mass is 16.5. The van der Waals surface area contributed by atoms with E-state index in [9.17, 15) is 0 Å². The molecule has 0 fully saturated rings. The molecule has 106 valence electrons. The van der Waals surface area contributed by atoms with Crippen molar-refractivity contribution >= 4 is 17.6 Å². The summed E-state index contributed by atoms with van der Waals surface area (Å²) >= 11 is 0. The lowest BCUT2D eigenvalue weighted by Crippen LogP contribution is -2.16. The van der Waals surface area contributed by atoms with Crippen molar-refractivity contribution in [2.24, 2.45) is 0 Å². The minimum Gasteiger partial charge on any atom is -0.464 e. The van der Waals surface area contributed by atoms with E-state index in [2.05, 4.69) is 27.9 Å². The quantitative estimate of drug-likeness (QED) is 0.920. The maximum Gasteiger partial charge on any atom is 0.323 e. The van der Waals surface area contributed by atoms with E-state index in [4.69, 9.17) is 10.5 Å². The number of hydrogen-bond donors (Lipinski definition) is 1. The van der Waals surface area contributed by atoms with Crippen LogP contribution in [0.2, 0.25) is 0 Å². The number of nitrogen functional groups attached to an aromatic ring is 1. The summed E-state index contributed by atoms with van der Waals surface area (Å²) in [6.07, 6.45) is 0. The summed E-state index contributed by atoms with van der Waals surface area (Å²) < 4.78 is 5.29. The van der Waals surface area contributed by atoms with Gasteiger partial charge in [0, 0.05) is 12.7 Å². The topological polar surface area (TPSA) is 77.2 Å². The summed E-state index contributed by atoms with van der Waals surface area (Å²) in [6, 6.07) is 6.43. The maximum atomic E-state index is 5.70. The average Bonchev–Trinajstić information content (AvgIpc) is 2.37. The molecule has 0 aliphatic rings. The van der Waals surface area contributed by atoms with Gasteiger partial charge < -0.3 is 15.4 Å². The Bertz CT molecular complexity index is 615. The highest BCUT2D eigenvalue weighted by Crippen LogP contribution is 2.26. The molecule has 0 radical (unpaired) electrons. The van der Waals surface area contributed by atoms with E-state index < -0.39 is 0 Å². The maximum absolute atomic E-state index is 5.70. The van der Waals surface area contributed by atoms with Crippen LogP contribution in [0.3, 0.4) is 0 Å². The van der Waals surface area contributed by atoms with Crippen LogP contribution in [0.5, 0.6) is 6.01 Å². The number of benzene rings is 1. The average molecular weight is 273 g/mol. The second kappa shape index (κ2) is 5.73.